The van der Waals surface area contributed by atoms with Crippen molar-refractivity contribution in [2.45, 2.75) is 73.2 Å². The van der Waals surface area contributed by atoms with Crippen molar-refractivity contribution in [3.05, 3.63) is 59.7 Å². The second-order valence-corrected chi connectivity index (χ2v) is 18.9. The Morgan fingerprint density at radius 3 is 1.42 bits per heavy atom. The number of aliphatic hydroxyl groups excluding tert-OH is 2. The van der Waals surface area contributed by atoms with Crippen LogP contribution in [-0.2, 0) is 51.7 Å². The Labute approximate surface area is 354 Å². The van der Waals surface area contributed by atoms with Crippen molar-refractivity contribution in [1.82, 2.24) is 18.4 Å². The molecule has 2 N–H and O–H groups in total. The number of alkyl halides is 6. The minimum Gasteiger partial charge on any atom is -0.396 e. The fourth-order valence-electron chi connectivity index (χ4n) is 6.99. The van der Waals surface area contributed by atoms with Crippen LogP contribution in [0.2, 0.25) is 0 Å². The Kier molecular flexibility index (Phi) is 16.4. The molecule has 0 saturated carbocycles. The first kappa shape index (κ1) is 48.7. The number of hydrogen-bond acceptors (Lipinski definition) is 12. The van der Waals surface area contributed by atoms with E-state index in [2.05, 4.69) is 10.3 Å². The summed E-state index contributed by atoms with van der Waals surface area (Å²) < 4.78 is 130. The number of aliphatic hydroxyl groups is 2. The van der Waals surface area contributed by atoms with Gasteiger partial charge in [-0.05, 0) is 61.6 Å². The Morgan fingerprint density at radius 2 is 1.05 bits per heavy atom. The van der Waals surface area contributed by atoms with Gasteiger partial charge < -0.3 is 29.7 Å². The van der Waals surface area contributed by atoms with Crippen molar-refractivity contribution in [3.63, 3.8) is 0 Å². The van der Waals surface area contributed by atoms with Crippen LogP contribution in [0.3, 0.4) is 0 Å². The van der Waals surface area contributed by atoms with Crippen molar-refractivity contribution < 1.29 is 72.7 Å². The Hall–Kier alpha value is -4.36. The van der Waals surface area contributed by atoms with Gasteiger partial charge in [0, 0.05) is 84.6 Å². The average molecular weight is 927 g/mol. The Morgan fingerprint density at radius 1 is 0.645 bits per heavy atom. The van der Waals surface area contributed by atoms with E-state index in [0.717, 1.165) is 57.9 Å². The number of halogens is 6. The van der Waals surface area contributed by atoms with Crippen molar-refractivity contribution in [2.75, 3.05) is 72.2 Å². The molecule has 4 aliphatic rings. The molecule has 0 bridgehead atoms. The number of carbonyl (C=O) groups is 2. The first-order valence-electron chi connectivity index (χ1n) is 19.7. The van der Waals surface area contributed by atoms with E-state index in [-0.39, 0.29) is 96.0 Å². The number of hydrogen-bond donors (Lipinski definition) is 2. The lowest BCUT2D eigenvalue weighted by Crippen LogP contribution is -2.41. The van der Waals surface area contributed by atoms with Gasteiger partial charge in [0.25, 0.3) is 11.8 Å². The maximum absolute atomic E-state index is 12.9. The van der Waals surface area contributed by atoms with Gasteiger partial charge >= 0.3 is 12.4 Å². The summed E-state index contributed by atoms with van der Waals surface area (Å²) in [5.74, 6) is -0.270. The zero-order chi connectivity index (χ0) is 45.3. The highest BCUT2D eigenvalue weighted by atomic mass is 32.2. The molecule has 6 rings (SSSR count). The number of nitrogens with zero attached hydrogens (tertiary/aromatic N) is 6. The summed E-state index contributed by atoms with van der Waals surface area (Å²) in [6.07, 6.45) is -6.77. The fraction of sp³-hybridized carbons (Fsp3) is 0.579. The second kappa shape index (κ2) is 20.9. The zero-order valence-corrected chi connectivity index (χ0v) is 35.1. The van der Waals surface area contributed by atoms with Gasteiger partial charge in [-0.1, -0.05) is 22.4 Å². The van der Waals surface area contributed by atoms with Crippen LogP contribution in [0.5, 0.6) is 0 Å². The largest absolute Gasteiger partial charge is 0.416 e. The number of β-amino-alcohol motifs (C(OH)–C–C–N with tert-alkyl or cyclic N) is 1. The predicted molar refractivity (Wildman–Crippen MR) is 209 cm³/mol. The summed E-state index contributed by atoms with van der Waals surface area (Å²) in [5.41, 5.74) is -0.880. The van der Waals surface area contributed by atoms with E-state index in [1.807, 2.05) is 0 Å². The third kappa shape index (κ3) is 13.1. The predicted octanol–water partition coefficient (Wildman–Crippen LogP) is 3.55. The number of oxime groups is 2. The lowest BCUT2D eigenvalue weighted by molar-refractivity contribution is -0.138. The number of likely N-dealkylation sites (tertiary alicyclic amines) is 2. The van der Waals surface area contributed by atoms with E-state index in [1.54, 1.807) is 4.90 Å². The number of amides is 2. The third-order valence-electron chi connectivity index (χ3n) is 10.7. The summed E-state index contributed by atoms with van der Waals surface area (Å²) >= 11 is 0. The summed E-state index contributed by atoms with van der Waals surface area (Å²) in [4.78, 5) is 36.6. The number of piperidine rings is 3. The minimum absolute atomic E-state index is 0.0486. The molecule has 4 heterocycles. The number of benzene rings is 2. The maximum Gasteiger partial charge on any atom is 0.416 e. The van der Waals surface area contributed by atoms with Gasteiger partial charge in [0.2, 0.25) is 20.0 Å². The molecule has 0 aromatic heterocycles. The molecule has 24 heteroatoms. The molecule has 4 saturated heterocycles. The van der Waals surface area contributed by atoms with Crippen LogP contribution in [0.4, 0.5) is 26.3 Å². The Balaban J connectivity index is 0.000000235. The molecule has 1 atom stereocenters. The van der Waals surface area contributed by atoms with E-state index in [0.29, 0.717) is 49.6 Å². The quantitative estimate of drug-likeness (QED) is 0.248. The molecular formula is C38H48F6N6O10S2. The summed E-state index contributed by atoms with van der Waals surface area (Å²) in [5, 5.41) is 26.4. The van der Waals surface area contributed by atoms with Crippen LogP contribution >= 0.6 is 0 Å². The first-order chi connectivity index (χ1) is 29.2. The van der Waals surface area contributed by atoms with Crippen molar-refractivity contribution in [1.29, 1.82) is 0 Å². The number of carbonyl (C=O) groups excluding carboxylic acids is 2. The smallest absolute Gasteiger partial charge is 0.396 e. The van der Waals surface area contributed by atoms with Crippen LogP contribution in [-0.4, -0.2) is 147 Å². The highest BCUT2D eigenvalue weighted by Crippen LogP contribution is 2.33. The molecule has 0 radical (unpaired) electrons. The summed E-state index contributed by atoms with van der Waals surface area (Å²) in [7, 11) is -8.13. The van der Waals surface area contributed by atoms with Crippen LogP contribution in [0.15, 0.2) is 68.6 Å². The monoisotopic (exact) mass is 926 g/mol. The molecule has 0 aliphatic carbocycles. The SMILES string of the molecule is O=C(CON=C1CCN(S(=O)(=O)c2cccc(C(F)(F)F)c2)CC1)N1CCC(CO)CC1.O=C(CON=C1CCN(S(=O)(=O)c2cccc(C(F)(F)F)c2)CC1)N1CCC(O)C1. The van der Waals surface area contributed by atoms with Gasteiger partial charge in [-0.15, -0.1) is 0 Å². The van der Waals surface area contributed by atoms with Crippen LogP contribution in [0, 0.1) is 5.92 Å². The molecule has 1 unspecified atom stereocenters. The van der Waals surface area contributed by atoms with E-state index < -0.39 is 59.4 Å². The molecule has 344 valence electrons. The third-order valence-corrected chi connectivity index (χ3v) is 14.5. The first-order valence-corrected chi connectivity index (χ1v) is 22.6. The molecule has 2 aromatic rings. The molecular weight excluding hydrogens is 879 g/mol. The number of rotatable bonds is 11. The molecule has 4 fully saturated rings. The van der Waals surface area contributed by atoms with Gasteiger partial charge in [-0.3, -0.25) is 9.59 Å². The number of sulfonamides is 2. The van der Waals surface area contributed by atoms with E-state index in [1.165, 1.54) is 4.90 Å². The minimum atomic E-state index is -4.63. The van der Waals surface area contributed by atoms with E-state index in [9.17, 15) is 57.9 Å². The van der Waals surface area contributed by atoms with Crippen LogP contribution < -0.4 is 0 Å². The zero-order valence-electron chi connectivity index (χ0n) is 33.4. The standard InChI is InChI=1S/C20H26F3N3O5S.C18H22F3N3O5S/c21-20(22,23)16-2-1-3-18(12-16)32(29,30)26-10-6-17(7-11-26)24-31-14-19(28)25-8-4-15(13-27)5-9-25;19-18(20,21)13-2-1-3-16(10-13)30(27,28)24-8-4-14(5-9-24)22-29-12-17(26)23-7-6-15(25)11-23/h1-3,12,15,27H,4-11,13-14H2;1-3,10,15,25H,4-9,11-12H2. The van der Waals surface area contributed by atoms with Crippen LogP contribution in [0.1, 0.15) is 56.1 Å². The van der Waals surface area contributed by atoms with Crippen molar-refractivity contribution >= 4 is 43.3 Å². The molecule has 0 spiro atoms. The van der Waals surface area contributed by atoms with Gasteiger partial charge in [-0.25, -0.2) is 16.8 Å². The fourth-order valence-corrected chi connectivity index (χ4v) is 9.96. The molecule has 62 heavy (non-hydrogen) atoms. The Bertz CT molecular complexity index is 2150. The lowest BCUT2D eigenvalue weighted by atomic mass is 9.98. The van der Waals surface area contributed by atoms with Crippen molar-refractivity contribution in [3.8, 4) is 0 Å². The van der Waals surface area contributed by atoms with E-state index >= 15 is 0 Å². The molecule has 2 amide bonds. The van der Waals surface area contributed by atoms with Gasteiger partial charge in [0.1, 0.15) is 0 Å². The highest BCUT2D eigenvalue weighted by molar-refractivity contribution is 7.89. The van der Waals surface area contributed by atoms with Crippen LogP contribution in [0.25, 0.3) is 0 Å². The highest BCUT2D eigenvalue weighted by Gasteiger charge is 2.36. The van der Waals surface area contributed by atoms with Gasteiger partial charge in [0.15, 0.2) is 13.2 Å². The van der Waals surface area contributed by atoms with Crippen molar-refractivity contribution in [2.24, 2.45) is 16.2 Å². The molecule has 2 aromatic carbocycles. The maximum atomic E-state index is 12.9. The summed E-state index contributed by atoms with van der Waals surface area (Å²) in [6.45, 7) is 1.68. The molecule has 16 nitrogen and oxygen atoms in total. The normalized spacial score (nSPS) is 20.0. The lowest BCUT2D eigenvalue weighted by Gasteiger charge is -2.30. The topological polar surface area (TPSA) is 199 Å². The second-order valence-electron chi connectivity index (χ2n) is 15.0. The average Bonchev–Trinajstić information content (AvgIpc) is 3.70. The molecule has 4 aliphatic heterocycles. The summed E-state index contributed by atoms with van der Waals surface area (Å²) in [6, 6.07) is 7.33. The van der Waals surface area contributed by atoms with Gasteiger partial charge in [0.05, 0.1) is 38.4 Å². The van der Waals surface area contributed by atoms with Gasteiger partial charge in [-0.2, -0.15) is 35.0 Å². The van der Waals surface area contributed by atoms with E-state index in [4.69, 9.17) is 14.8 Å².